The Morgan fingerprint density at radius 3 is 2.41 bits per heavy atom. The first-order valence-corrected chi connectivity index (χ1v) is 10.7. The fraction of sp³-hybridized carbons (Fsp3) is 0.435. The van der Waals surface area contributed by atoms with E-state index in [1.165, 1.54) is 6.07 Å². The standard InChI is InChI=1S/C23H26F3N5O/c1-14-5-4-6-15(2)21(14)27-22(32)16(3)30-11-9-18(10-12-30)31-20-8-7-17(23(24,25)26)13-19(20)28-29-31/h4-8,13,16,18H,9-12H2,1-3H3,(H,27,32)/t16-/m1/s1. The Morgan fingerprint density at radius 2 is 1.78 bits per heavy atom. The number of benzene rings is 2. The van der Waals surface area contributed by atoms with Gasteiger partial charge in [0.25, 0.3) is 0 Å². The van der Waals surface area contributed by atoms with E-state index in [9.17, 15) is 18.0 Å². The number of halogens is 3. The van der Waals surface area contributed by atoms with Gasteiger partial charge in [0.2, 0.25) is 5.91 Å². The molecule has 1 atom stereocenters. The fourth-order valence-corrected chi connectivity index (χ4v) is 4.31. The number of hydrogen-bond donors (Lipinski definition) is 1. The van der Waals surface area contributed by atoms with E-state index in [0.717, 1.165) is 41.8 Å². The van der Waals surface area contributed by atoms with Crippen LogP contribution in [0.15, 0.2) is 36.4 Å². The number of carbonyl (C=O) groups excluding carboxylic acids is 1. The van der Waals surface area contributed by atoms with Crippen LogP contribution in [0.2, 0.25) is 0 Å². The highest BCUT2D eigenvalue weighted by atomic mass is 19.4. The van der Waals surface area contributed by atoms with Crippen LogP contribution in [-0.2, 0) is 11.0 Å². The Labute approximate surface area is 184 Å². The third-order valence-electron chi connectivity index (χ3n) is 6.30. The third-order valence-corrected chi connectivity index (χ3v) is 6.30. The van der Waals surface area contributed by atoms with Crippen LogP contribution in [0.5, 0.6) is 0 Å². The molecule has 6 nitrogen and oxygen atoms in total. The number of piperidine rings is 1. The van der Waals surface area contributed by atoms with E-state index < -0.39 is 11.7 Å². The lowest BCUT2D eigenvalue weighted by Crippen LogP contribution is -2.46. The molecule has 0 spiro atoms. The molecule has 1 amide bonds. The van der Waals surface area contributed by atoms with E-state index in [0.29, 0.717) is 18.6 Å². The number of fused-ring (bicyclic) bond motifs is 1. The normalized spacial score (nSPS) is 16.9. The van der Waals surface area contributed by atoms with Crippen LogP contribution in [0, 0.1) is 13.8 Å². The van der Waals surface area contributed by atoms with Gasteiger partial charge in [-0.15, -0.1) is 5.10 Å². The summed E-state index contributed by atoms with van der Waals surface area (Å²) in [6.07, 6.45) is -2.93. The first kappa shape index (κ1) is 22.3. The molecule has 9 heteroatoms. The number of likely N-dealkylation sites (tertiary alicyclic amines) is 1. The maximum absolute atomic E-state index is 12.9. The summed E-state index contributed by atoms with van der Waals surface area (Å²) < 4.78 is 40.6. The van der Waals surface area contributed by atoms with Gasteiger partial charge in [-0.2, -0.15) is 13.2 Å². The van der Waals surface area contributed by atoms with E-state index >= 15 is 0 Å². The second-order valence-corrected chi connectivity index (χ2v) is 8.43. The molecule has 1 fully saturated rings. The molecule has 0 radical (unpaired) electrons. The largest absolute Gasteiger partial charge is 0.416 e. The number of aromatic nitrogens is 3. The van der Waals surface area contributed by atoms with Crippen LogP contribution in [0.4, 0.5) is 18.9 Å². The van der Waals surface area contributed by atoms with Gasteiger partial charge in [0.05, 0.1) is 23.2 Å². The predicted octanol–water partition coefficient (Wildman–Crippen LogP) is 4.73. The third kappa shape index (κ3) is 4.34. The zero-order valence-electron chi connectivity index (χ0n) is 18.3. The lowest BCUT2D eigenvalue weighted by Gasteiger charge is -2.35. The van der Waals surface area contributed by atoms with Crippen LogP contribution < -0.4 is 5.32 Å². The number of nitrogens with zero attached hydrogens (tertiary/aromatic N) is 4. The Kier molecular flexibility index (Phi) is 5.94. The van der Waals surface area contributed by atoms with Crippen LogP contribution in [-0.4, -0.2) is 44.9 Å². The van der Waals surface area contributed by atoms with Gasteiger partial charge in [0.15, 0.2) is 0 Å². The van der Waals surface area contributed by atoms with Gasteiger partial charge >= 0.3 is 6.18 Å². The number of carbonyl (C=O) groups is 1. The lowest BCUT2D eigenvalue weighted by atomic mass is 10.0. The summed E-state index contributed by atoms with van der Waals surface area (Å²) in [4.78, 5) is 15.0. The number of para-hydroxylation sites is 1. The number of amides is 1. The van der Waals surface area contributed by atoms with E-state index in [-0.39, 0.29) is 23.5 Å². The van der Waals surface area contributed by atoms with Crippen molar-refractivity contribution in [2.45, 2.75) is 51.9 Å². The molecule has 32 heavy (non-hydrogen) atoms. The molecular formula is C23H26F3N5O. The number of nitrogens with one attached hydrogen (secondary N) is 1. The molecule has 1 aromatic heterocycles. The van der Waals surface area contributed by atoms with Crippen molar-refractivity contribution < 1.29 is 18.0 Å². The predicted molar refractivity (Wildman–Crippen MR) is 116 cm³/mol. The van der Waals surface area contributed by atoms with Crippen LogP contribution in [0.1, 0.15) is 42.5 Å². The van der Waals surface area contributed by atoms with Crippen molar-refractivity contribution in [1.29, 1.82) is 0 Å². The van der Waals surface area contributed by atoms with Gasteiger partial charge in [-0.1, -0.05) is 23.4 Å². The number of alkyl halides is 3. The molecule has 0 aliphatic carbocycles. The summed E-state index contributed by atoms with van der Waals surface area (Å²) in [6.45, 7) is 7.21. The summed E-state index contributed by atoms with van der Waals surface area (Å²) in [6, 6.07) is 9.18. The maximum Gasteiger partial charge on any atom is 0.416 e. The van der Waals surface area contributed by atoms with Crippen molar-refractivity contribution in [2.75, 3.05) is 18.4 Å². The molecular weight excluding hydrogens is 419 g/mol. The van der Waals surface area contributed by atoms with Crippen molar-refractivity contribution in [3.63, 3.8) is 0 Å². The van der Waals surface area contributed by atoms with Gasteiger partial charge in [-0.3, -0.25) is 9.69 Å². The second-order valence-electron chi connectivity index (χ2n) is 8.43. The lowest BCUT2D eigenvalue weighted by molar-refractivity contribution is -0.137. The maximum atomic E-state index is 12.9. The van der Waals surface area contributed by atoms with Crippen LogP contribution in [0.3, 0.4) is 0 Å². The second kappa shape index (κ2) is 8.54. The number of anilines is 1. The van der Waals surface area contributed by atoms with Gasteiger partial charge < -0.3 is 5.32 Å². The minimum absolute atomic E-state index is 0.0295. The van der Waals surface area contributed by atoms with Crippen molar-refractivity contribution >= 4 is 22.6 Å². The molecule has 0 unspecified atom stereocenters. The molecule has 170 valence electrons. The molecule has 0 saturated carbocycles. The average molecular weight is 445 g/mol. The molecule has 2 heterocycles. The van der Waals surface area contributed by atoms with E-state index in [1.807, 2.05) is 39.0 Å². The molecule has 1 N–H and O–H groups in total. The first-order chi connectivity index (χ1) is 15.1. The van der Waals surface area contributed by atoms with Gasteiger partial charge in [-0.25, -0.2) is 4.68 Å². The highest BCUT2D eigenvalue weighted by Gasteiger charge is 2.32. The van der Waals surface area contributed by atoms with E-state index in [2.05, 4.69) is 20.5 Å². The Bertz CT molecular complexity index is 1110. The van der Waals surface area contributed by atoms with Gasteiger partial charge in [0, 0.05) is 18.8 Å². The van der Waals surface area contributed by atoms with E-state index in [4.69, 9.17) is 0 Å². The number of hydrogen-bond acceptors (Lipinski definition) is 4. The minimum Gasteiger partial charge on any atom is -0.324 e. The monoisotopic (exact) mass is 445 g/mol. The quantitative estimate of drug-likeness (QED) is 0.631. The van der Waals surface area contributed by atoms with Crippen LogP contribution >= 0.6 is 0 Å². The summed E-state index contributed by atoms with van der Waals surface area (Å²) in [5, 5.41) is 11.1. The Balaban J connectivity index is 1.41. The summed E-state index contributed by atoms with van der Waals surface area (Å²) in [5.74, 6) is -0.0493. The number of aryl methyl sites for hydroxylation is 2. The molecule has 1 aliphatic heterocycles. The topological polar surface area (TPSA) is 63.1 Å². The summed E-state index contributed by atoms with van der Waals surface area (Å²) >= 11 is 0. The SMILES string of the molecule is Cc1cccc(C)c1NC(=O)[C@@H](C)N1CCC(n2nnc3cc(C(F)(F)F)ccc32)CC1. The molecule has 0 bridgehead atoms. The fourth-order valence-electron chi connectivity index (χ4n) is 4.31. The summed E-state index contributed by atoms with van der Waals surface area (Å²) in [7, 11) is 0. The van der Waals surface area contributed by atoms with Gasteiger partial charge in [0.1, 0.15) is 5.52 Å². The summed E-state index contributed by atoms with van der Waals surface area (Å²) in [5.41, 5.74) is 3.01. The molecule has 3 aromatic rings. The molecule has 2 aromatic carbocycles. The average Bonchev–Trinajstić information content (AvgIpc) is 3.18. The highest BCUT2D eigenvalue weighted by molar-refractivity contribution is 5.95. The van der Waals surface area contributed by atoms with Crippen molar-refractivity contribution in [1.82, 2.24) is 19.9 Å². The molecule has 1 aliphatic rings. The van der Waals surface area contributed by atoms with Crippen LogP contribution in [0.25, 0.3) is 11.0 Å². The zero-order chi connectivity index (χ0) is 23.0. The highest BCUT2D eigenvalue weighted by Crippen LogP contribution is 2.32. The Morgan fingerprint density at radius 1 is 1.12 bits per heavy atom. The zero-order valence-corrected chi connectivity index (χ0v) is 18.3. The van der Waals surface area contributed by atoms with Crippen molar-refractivity contribution in [3.05, 3.63) is 53.1 Å². The smallest absolute Gasteiger partial charge is 0.324 e. The van der Waals surface area contributed by atoms with E-state index in [1.54, 1.807) is 4.68 Å². The van der Waals surface area contributed by atoms with Gasteiger partial charge in [-0.05, 0) is 62.9 Å². The molecule has 1 saturated heterocycles. The first-order valence-electron chi connectivity index (χ1n) is 10.7. The van der Waals surface area contributed by atoms with Crippen molar-refractivity contribution in [3.8, 4) is 0 Å². The van der Waals surface area contributed by atoms with Crippen molar-refractivity contribution in [2.24, 2.45) is 0 Å². The minimum atomic E-state index is -4.41. The number of rotatable bonds is 4. The molecule has 4 rings (SSSR count). The Hall–Kier alpha value is -2.94.